The van der Waals surface area contributed by atoms with Gasteiger partial charge in [0.1, 0.15) is 17.3 Å². The summed E-state index contributed by atoms with van der Waals surface area (Å²) in [5.41, 5.74) is 3.95. The van der Waals surface area contributed by atoms with E-state index in [1.165, 1.54) is 12.3 Å². The van der Waals surface area contributed by atoms with Gasteiger partial charge in [0.2, 0.25) is 5.91 Å². The number of H-pyrrole nitrogens is 1. The van der Waals surface area contributed by atoms with Crippen LogP contribution in [0.5, 0.6) is 11.5 Å². The molecule has 2 heterocycles. The molecule has 0 saturated carbocycles. The third kappa shape index (κ3) is 4.25. The molecular formula is C26H22N4O2. The zero-order valence-corrected chi connectivity index (χ0v) is 17.6. The van der Waals surface area contributed by atoms with E-state index in [2.05, 4.69) is 38.8 Å². The molecule has 0 aliphatic rings. The number of nitrogens with one attached hydrogen (secondary N) is 3. The fraction of sp³-hybridized carbons (Fsp3) is 0.0769. The number of hydrogen-bond acceptors (Lipinski definition) is 4. The minimum Gasteiger partial charge on any atom is -0.457 e. The molecule has 0 aliphatic heterocycles. The van der Waals surface area contributed by atoms with Crippen LogP contribution in [0.15, 0.2) is 85.1 Å². The second-order valence-electron chi connectivity index (χ2n) is 7.59. The Kier molecular flexibility index (Phi) is 5.17. The summed E-state index contributed by atoms with van der Waals surface area (Å²) >= 11 is 0. The van der Waals surface area contributed by atoms with E-state index in [0.29, 0.717) is 12.3 Å². The smallest absolute Gasteiger partial charge is 0.221 e. The molecule has 5 aromatic rings. The molecule has 0 aliphatic carbocycles. The molecule has 0 atom stereocenters. The molecule has 0 bridgehead atoms. The standard InChI is InChI=1S/C26H22N4O2/c1-17(31)29-19-9-11-20(12-10-19)32-21-6-4-5-18(13-21)15-27-26-14-23-22-7-2-3-8-24(22)30-25(23)16-28-26/h2-14,16,30H,15H2,1H3,(H,27,28)(H,29,31). The summed E-state index contributed by atoms with van der Waals surface area (Å²) in [7, 11) is 0. The van der Waals surface area contributed by atoms with Crippen LogP contribution in [0.1, 0.15) is 12.5 Å². The first-order valence-electron chi connectivity index (χ1n) is 10.4. The molecule has 0 fully saturated rings. The van der Waals surface area contributed by atoms with Crippen LogP contribution >= 0.6 is 0 Å². The Morgan fingerprint density at radius 3 is 2.59 bits per heavy atom. The van der Waals surface area contributed by atoms with Crippen molar-refractivity contribution < 1.29 is 9.53 Å². The Morgan fingerprint density at radius 1 is 0.906 bits per heavy atom. The van der Waals surface area contributed by atoms with Crippen LogP contribution in [0.25, 0.3) is 21.8 Å². The third-order valence-electron chi connectivity index (χ3n) is 5.17. The number of fused-ring (bicyclic) bond motifs is 3. The van der Waals surface area contributed by atoms with Crippen LogP contribution in [0.2, 0.25) is 0 Å². The number of benzene rings is 3. The molecule has 6 heteroatoms. The topological polar surface area (TPSA) is 79.0 Å². The van der Waals surface area contributed by atoms with Crippen molar-refractivity contribution in [2.75, 3.05) is 10.6 Å². The van der Waals surface area contributed by atoms with Gasteiger partial charge in [-0.2, -0.15) is 0 Å². The van der Waals surface area contributed by atoms with E-state index < -0.39 is 0 Å². The fourth-order valence-electron chi connectivity index (χ4n) is 3.70. The monoisotopic (exact) mass is 422 g/mol. The highest BCUT2D eigenvalue weighted by atomic mass is 16.5. The van der Waals surface area contributed by atoms with Crippen LogP contribution in [0.4, 0.5) is 11.5 Å². The molecule has 32 heavy (non-hydrogen) atoms. The van der Waals surface area contributed by atoms with Gasteiger partial charge in [0, 0.05) is 35.4 Å². The summed E-state index contributed by atoms with van der Waals surface area (Å²) < 4.78 is 5.97. The number of anilines is 2. The first kappa shape index (κ1) is 19.6. The van der Waals surface area contributed by atoms with Crippen LogP contribution in [0, 0.1) is 0 Å². The van der Waals surface area contributed by atoms with Gasteiger partial charge in [-0.15, -0.1) is 0 Å². The van der Waals surface area contributed by atoms with Crippen molar-refractivity contribution in [3.05, 3.63) is 90.6 Å². The molecule has 0 saturated heterocycles. The number of ether oxygens (including phenoxy) is 1. The lowest BCUT2D eigenvalue weighted by molar-refractivity contribution is -0.114. The van der Waals surface area contributed by atoms with E-state index in [1.54, 1.807) is 0 Å². The maximum atomic E-state index is 11.1. The predicted molar refractivity (Wildman–Crippen MR) is 128 cm³/mol. The molecule has 0 radical (unpaired) electrons. The molecular weight excluding hydrogens is 400 g/mol. The zero-order chi connectivity index (χ0) is 21.9. The molecule has 1 amide bonds. The molecule has 6 nitrogen and oxygen atoms in total. The van der Waals surface area contributed by atoms with Crippen molar-refractivity contribution in [3.63, 3.8) is 0 Å². The maximum Gasteiger partial charge on any atom is 0.221 e. The van der Waals surface area contributed by atoms with Crippen molar-refractivity contribution in [1.29, 1.82) is 0 Å². The first-order chi connectivity index (χ1) is 15.6. The number of aromatic amines is 1. The molecule has 0 spiro atoms. The van der Waals surface area contributed by atoms with Crippen molar-refractivity contribution >= 4 is 39.2 Å². The molecule has 5 rings (SSSR count). The van der Waals surface area contributed by atoms with Gasteiger partial charge in [-0.25, -0.2) is 4.98 Å². The summed E-state index contributed by atoms with van der Waals surface area (Å²) in [6, 6.07) is 25.5. The fourth-order valence-corrected chi connectivity index (χ4v) is 3.70. The van der Waals surface area contributed by atoms with E-state index in [4.69, 9.17) is 4.74 Å². The maximum absolute atomic E-state index is 11.1. The number of rotatable bonds is 6. The Labute approximate surface area is 185 Å². The normalized spacial score (nSPS) is 10.9. The number of pyridine rings is 1. The Balaban J connectivity index is 1.28. The molecule has 158 valence electrons. The second-order valence-corrected chi connectivity index (χ2v) is 7.59. The summed E-state index contributed by atoms with van der Waals surface area (Å²) in [6.45, 7) is 2.11. The minimum atomic E-state index is -0.0998. The molecule has 3 aromatic carbocycles. The summed E-state index contributed by atoms with van der Waals surface area (Å²) in [6.07, 6.45) is 1.86. The number of nitrogens with zero attached hydrogens (tertiary/aromatic N) is 1. The van der Waals surface area contributed by atoms with E-state index >= 15 is 0 Å². The van der Waals surface area contributed by atoms with Gasteiger partial charge in [-0.05, 0) is 54.1 Å². The van der Waals surface area contributed by atoms with Gasteiger partial charge >= 0.3 is 0 Å². The van der Waals surface area contributed by atoms with Gasteiger partial charge in [0.15, 0.2) is 0 Å². The number of carbonyl (C=O) groups excluding carboxylic acids is 1. The van der Waals surface area contributed by atoms with Gasteiger partial charge in [-0.3, -0.25) is 4.79 Å². The Morgan fingerprint density at radius 2 is 1.75 bits per heavy atom. The molecule has 2 aromatic heterocycles. The average Bonchev–Trinajstić information content (AvgIpc) is 3.17. The van der Waals surface area contributed by atoms with Crippen LogP contribution in [-0.4, -0.2) is 15.9 Å². The largest absolute Gasteiger partial charge is 0.457 e. The molecule has 3 N–H and O–H groups in total. The zero-order valence-electron chi connectivity index (χ0n) is 17.6. The lowest BCUT2D eigenvalue weighted by Gasteiger charge is -2.10. The van der Waals surface area contributed by atoms with Crippen molar-refractivity contribution in [2.24, 2.45) is 0 Å². The minimum absolute atomic E-state index is 0.0998. The lowest BCUT2D eigenvalue weighted by atomic mass is 10.2. The highest BCUT2D eigenvalue weighted by Crippen LogP contribution is 2.27. The number of carbonyl (C=O) groups is 1. The SMILES string of the molecule is CC(=O)Nc1ccc(Oc2cccc(CNc3cc4c(cn3)[nH]c3ccccc34)c2)cc1. The summed E-state index contributed by atoms with van der Waals surface area (Å²) in [5, 5.41) is 8.49. The van der Waals surface area contributed by atoms with E-state index in [0.717, 1.165) is 39.2 Å². The quantitative estimate of drug-likeness (QED) is 0.310. The third-order valence-corrected chi connectivity index (χ3v) is 5.17. The van der Waals surface area contributed by atoms with E-state index in [9.17, 15) is 4.79 Å². The summed E-state index contributed by atoms with van der Waals surface area (Å²) in [5.74, 6) is 2.17. The van der Waals surface area contributed by atoms with Crippen LogP contribution in [0.3, 0.4) is 0 Å². The Hall–Kier alpha value is -4.32. The lowest BCUT2D eigenvalue weighted by Crippen LogP contribution is -2.05. The molecule has 0 unspecified atom stereocenters. The highest BCUT2D eigenvalue weighted by molar-refractivity contribution is 6.07. The van der Waals surface area contributed by atoms with Crippen molar-refractivity contribution in [1.82, 2.24) is 9.97 Å². The number of amides is 1. The first-order valence-corrected chi connectivity index (χ1v) is 10.4. The predicted octanol–water partition coefficient (Wildman–Crippen LogP) is 6.08. The Bertz CT molecular complexity index is 1410. The number of para-hydroxylation sites is 1. The summed E-state index contributed by atoms with van der Waals surface area (Å²) in [4.78, 5) is 19.1. The number of aromatic nitrogens is 2. The van der Waals surface area contributed by atoms with Gasteiger partial charge in [0.25, 0.3) is 0 Å². The van der Waals surface area contributed by atoms with Crippen LogP contribution < -0.4 is 15.4 Å². The van der Waals surface area contributed by atoms with Gasteiger partial charge in [-0.1, -0.05) is 30.3 Å². The van der Waals surface area contributed by atoms with Crippen LogP contribution in [-0.2, 0) is 11.3 Å². The van der Waals surface area contributed by atoms with Crippen molar-refractivity contribution in [2.45, 2.75) is 13.5 Å². The van der Waals surface area contributed by atoms with E-state index in [1.807, 2.05) is 66.9 Å². The van der Waals surface area contributed by atoms with Gasteiger partial charge < -0.3 is 20.4 Å². The number of hydrogen-bond donors (Lipinski definition) is 3. The van der Waals surface area contributed by atoms with Gasteiger partial charge in [0.05, 0.1) is 11.7 Å². The average molecular weight is 422 g/mol. The van der Waals surface area contributed by atoms with Crippen molar-refractivity contribution in [3.8, 4) is 11.5 Å². The second kappa shape index (κ2) is 8.43. The van der Waals surface area contributed by atoms with E-state index in [-0.39, 0.29) is 5.91 Å². The highest BCUT2D eigenvalue weighted by Gasteiger charge is 2.06.